The Labute approximate surface area is 169 Å². The quantitative estimate of drug-likeness (QED) is 0.549. The maximum absolute atomic E-state index is 12.5. The molecule has 0 spiro atoms. The number of halogens is 2. The van der Waals surface area contributed by atoms with Crippen molar-refractivity contribution in [3.8, 4) is 5.75 Å². The van der Waals surface area contributed by atoms with Gasteiger partial charge >= 0.3 is 5.97 Å². The van der Waals surface area contributed by atoms with Crippen LogP contribution in [-0.4, -0.2) is 31.1 Å². The molecule has 1 atom stereocenters. The van der Waals surface area contributed by atoms with E-state index < -0.39 is 5.97 Å². The molecule has 1 heterocycles. The number of allylic oxidation sites excluding steroid dienone is 2. The lowest BCUT2D eigenvalue weighted by molar-refractivity contribution is -0.115. The van der Waals surface area contributed by atoms with Gasteiger partial charge in [-0.05, 0) is 69.7 Å². The molecule has 0 N–H and O–H groups in total. The number of esters is 1. The summed E-state index contributed by atoms with van der Waals surface area (Å²) in [6, 6.07) is 3.41. The van der Waals surface area contributed by atoms with Gasteiger partial charge in [-0.2, -0.15) is 0 Å². The van der Waals surface area contributed by atoms with Gasteiger partial charge < -0.3 is 14.2 Å². The Morgan fingerprint density at radius 2 is 2.04 bits per heavy atom. The van der Waals surface area contributed by atoms with Gasteiger partial charge in [0.15, 0.2) is 5.78 Å². The number of hydrogen-bond donors (Lipinski definition) is 0. The number of hydrogen-bond acceptors (Lipinski definition) is 5. The number of rotatable bonds is 5. The van der Waals surface area contributed by atoms with E-state index in [-0.39, 0.29) is 11.9 Å². The standard InChI is InChI=1S/C19H20Br2O5/c20-16-8-7-15(19(23)26-13-6-3-4-12(22)10-13)17(21)18(16)25-11-14-5-1-2-9-24-14/h7-8,10,14H,1-6,9,11H2. The number of carbonyl (C=O) groups excluding carboxylic acids is 2. The van der Waals surface area contributed by atoms with Gasteiger partial charge in [0.1, 0.15) is 18.1 Å². The maximum atomic E-state index is 12.5. The molecule has 0 radical (unpaired) electrons. The summed E-state index contributed by atoms with van der Waals surface area (Å²) < 4.78 is 18.2. The molecule has 0 bridgehead atoms. The Morgan fingerprint density at radius 1 is 1.19 bits per heavy atom. The van der Waals surface area contributed by atoms with Gasteiger partial charge in [-0.1, -0.05) is 0 Å². The molecule has 2 aliphatic rings. The Kier molecular flexibility index (Phi) is 6.89. The van der Waals surface area contributed by atoms with Crippen LogP contribution in [-0.2, 0) is 14.3 Å². The van der Waals surface area contributed by atoms with Gasteiger partial charge in [-0.25, -0.2) is 4.79 Å². The highest BCUT2D eigenvalue weighted by atomic mass is 79.9. The molecule has 0 saturated carbocycles. The first kappa shape index (κ1) is 19.6. The lowest BCUT2D eigenvalue weighted by atomic mass is 10.1. The zero-order chi connectivity index (χ0) is 18.5. The van der Waals surface area contributed by atoms with E-state index in [4.69, 9.17) is 14.2 Å². The molecular formula is C19H20Br2O5. The van der Waals surface area contributed by atoms with Crippen LogP contribution in [0.5, 0.6) is 5.75 Å². The fourth-order valence-electron chi connectivity index (χ4n) is 2.95. The fourth-order valence-corrected chi connectivity index (χ4v) is 4.29. The minimum Gasteiger partial charge on any atom is -0.488 e. The first-order chi connectivity index (χ1) is 12.5. The van der Waals surface area contributed by atoms with Crippen molar-refractivity contribution >= 4 is 43.6 Å². The van der Waals surface area contributed by atoms with Crippen LogP contribution >= 0.6 is 31.9 Å². The van der Waals surface area contributed by atoms with Gasteiger partial charge in [0, 0.05) is 25.5 Å². The lowest BCUT2D eigenvalue weighted by Gasteiger charge is -2.23. The Hall–Kier alpha value is -1.18. The average molecular weight is 488 g/mol. The van der Waals surface area contributed by atoms with Crippen molar-refractivity contribution in [1.82, 2.24) is 0 Å². The van der Waals surface area contributed by atoms with Crippen LogP contribution in [0.3, 0.4) is 0 Å². The second kappa shape index (κ2) is 9.15. The Balaban J connectivity index is 1.71. The highest BCUT2D eigenvalue weighted by Gasteiger charge is 2.22. The topological polar surface area (TPSA) is 61.8 Å². The van der Waals surface area contributed by atoms with Crippen molar-refractivity contribution in [3.63, 3.8) is 0 Å². The summed E-state index contributed by atoms with van der Waals surface area (Å²) in [5, 5.41) is 0. The van der Waals surface area contributed by atoms with E-state index in [0.717, 1.165) is 30.3 Å². The molecule has 140 valence electrons. The second-order valence-electron chi connectivity index (χ2n) is 6.36. The van der Waals surface area contributed by atoms with Gasteiger partial charge in [0.2, 0.25) is 0 Å². The molecule has 1 fully saturated rings. The summed E-state index contributed by atoms with van der Waals surface area (Å²) in [5.74, 6) is 0.441. The molecule has 5 nitrogen and oxygen atoms in total. The van der Waals surface area contributed by atoms with E-state index >= 15 is 0 Å². The molecule has 1 aliphatic carbocycles. The molecule has 26 heavy (non-hydrogen) atoms. The molecule has 7 heteroatoms. The SMILES string of the molecule is O=C1C=C(OC(=O)c2ccc(Br)c(OCC3CCCCO3)c2Br)CCC1. The highest BCUT2D eigenvalue weighted by molar-refractivity contribution is 9.11. The molecule has 1 saturated heterocycles. The van der Waals surface area contributed by atoms with E-state index in [2.05, 4.69) is 31.9 Å². The predicted octanol–water partition coefficient (Wildman–Crippen LogP) is 4.95. The molecule has 3 rings (SSSR count). The highest BCUT2D eigenvalue weighted by Crippen LogP contribution is 2.37. The first-order valence-electron chi connectivity index (χ1n) is 8.72. The fraction of sp³-hybridized carbons (Fsp3) is 0.474. The van der Waals surface area contributed by atoms with Crippen molar-refractivity contribution in [2.24, 2.45) is 0 Å². The Morgan fingerprint density at radius 3 is 2.77 bits per heavy atom. The maximum Gasteiger partial charge on any atom is 0.344 e. The zero-order valence-electron chi connectivity index (χ0n) is 14.3. The summed E-state index contributed by atoms with van der Waals surface area (Å²) in [6.07, 6.45) is 6.47. The third-order valence-corrected chi connectivity index (χ3v) is 5.76. The number of ketones is 1. The van der Waals surface area contributed by atoms with Gasteiger partial charge in [0.05, 0.1) is 20.6 Å². The zero-order valence-corrected chi connectivity index (χ0v) is 17.4. The monoisotopic (exact) mass is 486 g/mol. The molecule has 1 aliphatic heterocycles. The van der Waals surface area contributed by atoms with Gasteiger partial charge in [-0.15, -0.1) is 0 Å². The molecule has 1 aromatic carbocycles. The normalized spacial score (nSPS) is 20.5. The van der Waals surface area contributed by atoms with Crippen molar-refractivity contribution in [3.05, 3.63) is 38.5 Å². The minimum atomic E-state index is -0.510. The smallest absolute Gasteiger partial charge is 0.344 e. The summed E-state index contributed by atoms with van der Waals surface area (Å²) in [4.78, 5) is 24.0. The van der Waals surface area contributed by atoms with Crippen molar-refractivity contribution in [2.75, 3.05) is 13.2 Å². The second-order valence-corrected chi connectivity index (χ2v) is 8.01. The van der Waals surface area contributed by atoms with Crippen LogP contribution in [0.2, 0.25) is 0 Å². The molecule has 0 amide bonds. The Bertz CT molecular complexity index is 723. The number of benzene rings is 1. The van der Waals surface area contributed by atoms with Crippen LogP contribution in [0.15, 0.2) is 32.9 Å². The van der Waals surface area contributed by atoms with E-state index in [1.807, 2.05) is 0 Å². The largest absolute Gasteiger partial charge is 0.488 e. The number of ether oxygens (including phenoxy) is 3. The van der Waals surface area contributed by atoms with Crippen LogP contribution in [0, 0.1) is 0 Å². The van der Waals surface area contributed by atoms with E-state index in [0.29, 0.717) is 47.4 Å². The molecule has 0 aromatic heterocycles. The van der Waals surface area contributed by atoms with E-state index in [9.17, 15) is 9.59 Å². The molecular weight excluding hydrogens is 468 g/mol. The predicted molar refractivity (Wildman–Crippen MR) is 103 cm³/mol. The molecule has 1 aromatic rings. The van der Waals surface area contributed by atoms with Gasteiger partial charge in [0.25, 0.3) is 0 Å². The van der Waals surface area contributed by atoms with Crippen molar-refractivity contribution < 1.29 is 23.8 Å². The summed E-state index contributed by atoms with van der Waals surface area (Å²) >= 11 is 6.91. The minimum absolute atomic E-state index is 0.00886. The molecule has 1 unspecified atom stereocenters. The summed E-state index contributed by atoms with van der Waals surface area (Å²) in [6.45, 7) is 1.19. The van der Waals surface area contributed by atoms with Crippen LogP contribution in [0.25, 0.3) is 0 Å². The van der Waals surface area contributed by atoms with Crippen LogP contribution < -0.4 is 4.74 Å². The average Bonchev–Trinajstić information content (AvgIpc) is 2.62. The van der Waals surface area contributed by atoms with Crippen LogP contribution in [0.4, 0.5) is 0 Å². The lowest BCUT2D eigenvalue weighted by Crippen LogP contribution is -2.26. The third kappa shape index (κ3) is 4.96. The summed E-state index contributed by atoms with van der Waals surface area (Å²) in [7, 11) is 0. The van der Waals surface area contributed by atoms with Gasteiger partial charge in [-0.3, -0.25) is 4.79 Å². The van der Waals surface area contributed by atoms with E-state index in [1.165, 1.54) is 6.08 Å². The van der Waals surface area contributed by atoms with Crippen molar-refractivity contribution in [1.29, 1.82) is 0 Å². The van der Waals surface area contributed by atoms with Crippen LogP contribution in [0.1, 0.15) is 48.9 Å². The summed E-state index contributed by atoms with van der Waals surface area (Å²) in [5.41, 5.74) is 0.353. The van der Waals surface area contributed by atoms with E-state index in [1.54, 1.807) is 12.1 Å². The first-order valence-corrected chi connectivity index (χ1v) is 10.3. The third-order valence-electron chi connectivity index (χ3n) is 4.35. The number of carbonyl (C=O) groups is 2. The van der Waals surface area contributed by atoms with Crippen molar-refractivity contribution in [2.45, 2.75) is 44.6 Å².